The Kier molecular flexibility index (Phi) is 5.09. The van der Waals surface area contributed by atoms with Crippen molar-refractivity contribution in [3.8, 4) is 11.6 Å². The number of methoxy groups -OCH3 is 1. The summed E-state index contributed by atoms with van der Waals surface area (Å²) in [6, 6.07) is 7.97. The molecule has 0 saturated heterocycles. The first kappa shape index (κ1) is 15.2. The van der Waals surface area contributed by atoms with Crippen LogP contribution < -0.4 is 14.8 Å². The Morgan fingerprint density at radius 3 is 2.76 bits per heavy atom. The Morgan fingerprint density at radius 2 is 2.05 bits per heavy atom. The van der Waals surface area contributed by atoms with Gasteiger partial charge in [0.05, 0.1) is 30.7 Å². The lowest BCUT2D eigenvalue weighted by molar-refractivity contribution is 0.319. The van der Waals surface area contributed by atoms with Crippen LogP contribution in [0.2, 0.25) is 0 Å². The third kappa shape index (κ3) is 3.48. The maximum Gasteiger partial charge on any atom is 0.216 e. The molecule has 0 aliphatic heterocycles. The molecule has 1 heterocycles. The minimum Gasteiger partial charge on any atom is -0.491 e. The fourth-order valence-corrected chi connectivity index (χ4v) is 2.27. The Hall–Kier alpha value is -2.17. The van der Waals surface area contributed by atoms with Crippen LogP contribution in [0, 0.1) is 6.92 Å². The number of nitrogens with one attached hydrogen (secondary N) is 1. The molecule has 0 bridgehead atoms. The molecule has 0 spiro atoms. The summed E-state index contributed by atoms with van der Waals surface area (Å²) in [6.07, 6.45) is 0.990. The van der Waals surface area contributed by atoms with E-state index in [1.54, 1.807) is 11.8 Å². The fourth-order valence-electron chi connectivity index (χ4n) is 2.27. The number of rotatable bonds is 7. The molecule has 2 rings (SSSR count). The van der Waals surface area contributed by atoms with Crippen molar-refractivity contribution < 1.29 is 9.47 Å². The smallest absolute Gasteiger partial charge is 0.216 e. The van der Waals surface area contributed by atoms with Crippen LogP contribution in [-0.4, -0.2) is 23.5 Å². The molecule has 5 heteroatoms. The SMILES string of the molecule is CCCOc1ccccc1NCc1c(C)nn(C)c1OC. The van der Waals surface area contributed by atoms with Crippen LogP contribution in [0.3, 0.4) is 0 Å². The monoisotopic (exact) mass is 289 g/mol. The maximum atomic E-state index is 5.75. The summed E-state index contributed by atoms with van der Waals surface area (Å²) in [4.78, 5) is 0. The van der Waals surface area contributed by atoms with Crippen LogP contribution in [0.1, 0.15) is 24.6 Å². The molecule has 0 aliphatic carbocycles. The largest absolute Gasteiger partial charge is 0.491 e. The van der Waals surface area contributed by atoms with Gasteiger partial charge in [0.25, 0.3) is 0 Å². The molecule has 1 N–H and O–H groups in total. The first-order chi connectivity index (χ1) is 10.2. The van der Waals surface area contributed by atoms with Gasteiger partial charge in [-0.3, -0.25) is 0 Å². The topological polar surface area (TPSA) is 48.3 Å². The van der Waals surface area contributed by atoms with Crippen LogP contribution in [0.15, 0.2) is 24.3 Å². The maximum absolute atomic E-state index is 5.75. The van der Waals surface area contributed by atoms with Crippen molar-refractivity contribution in [2.45, 2.75) is 26.8 Å². The number of nitrogens with zero attached hydrogens (tertiary/aromatic N) is 2. The number of aryl methyl sites for hydroxylation is 2. The van der Waals surface area contributed by atoms with E-state index in [-0.39, 0.29) is 0 Å². The highest BCUT2D eigenvalue weighted by Gasteiger charge is 2.14. The number of para-hydroxylation sites is 2. The summed E-state index contributed by atoms with van der Waals surface area (Å²) in [6.45, 7) is 5.45. The van der Waals surface area contributed by atoms with Crippen molar-refractivity contribution >= 4 is 5.69 Å². The molecule has 0 aliphatic rings. The summed E-state index contributed by atoms with van der Waals surface area (Å²) < 4.78 is 12.9. The predicted molar refractivity (Wildman–Crippen MR) is 84.1 cm³/mol. The van der Waals surface area contributed by atoms with E-state index in [1.807, 2.05) is 38.2 Å². The number of hydrogen-bond acceptors (Lipinski definition) is 4. The molecule has 2 aromatic rings. The third-order valence-electron chi connectivity index (χ3n) is 3.29. The van der Waals surface area contributed by atoms with Crippen LogP contribution >= 0.6 is 0 Å². The first-order valence-electron chi connectivity index (χ1n) is 7.19. The van der Waals surface area contributed by atoms with Gasteiger partial charge in [-0.2, -0.15) is 5.10 Å². The first-order valence-corrected chi connectivity index (χ1v) is 7.19. The van der Waals surface area contributed by atoms with E-state index in [2.05, 4.69) is 17.3 Å². The second-order valence-corrected chi connectivity index (χ2v) is 4.90. The summed E-state index contributed by atoms with van der Waals surface area (Å²) in [5.41, 5.74) is 3.01. The third-order valence-corrected chi connectivity index (χ3v) is 3.29. The van der Waals surface area contributed by atoms with Gasteiger partial charge in [0.1, 0.15) is 5.75 Å². The van der Waals surface area contributed by atoms with Gasteiger partial charge in [-0.15, -0.1) is 0 Å². The molecule has 0 unspecified atom stereocenters. The van der Waals surface area contributed by atoms with E-state index in [0.717, 1.165) is 35.0 Å². The lowest BCUT2D eigenvalue weighted by Gasteiger charge is -2.13. The van der Waals surface area contributed by atoms with E-state index >= 15 is 0 Å². The van der Waals surface area contributed by atoms with Gasteiger partial charge in [0, 0.05) is 13.6 Å². The number of benzene rings is 1. The Balaban J connectivity index is 2.13. The van der Waals surface area contributed by atoms with Gasteiger partial charge >= 0.3 is 0 Å². The van der Waals surface area contributed by atoms with E-state index in [9.17, 15) is 0 Å². The van der Waals surface area contributed by atoms with Crippen molar-refractivity contribution in [1.82, 2.24) is 9.78 Å². The Bertz CT molecular complexity index is 593. The molecule has 1 aromatic carbocycles. The molecule has 0 fully saturated rings. The van der Waals surface area contributed by atoms with Crippen molar-refractivity contribution in [3.63, 3.8) is 0 Å². The van der Waals surface area contributed by atoms with Crippen LogP contribution in [0.4, 0.5) is 5.69 Å². The standard InChI is InChI=1S/C16H23N3O2/c1-5-10-21-15-9-7-6-8-14(15)17-11-13-12(2)18-19(3)16(13)20-4/h6-9,17H,5,10-11H2,1-4H3. The minimum atomic E-state index is 0.648. The average molecular weight is 289 g/mol. The van der Waals surface area contributed by atoms with Gasteiger partial charge in [0.2, 0.25) is 5.88 Å². The van der Waals surface area contributed by atoms with E-state index < -0.39 is 0 Å². The molecule has 0 saturated carbocycles. The summed E-state index contributed by atoms with van der Waals surface area (Å²) in [7, 11) is 3.55. The van der Waals surface area contributed by atoms with Gasteiger partial charge in [-0.25, -0.2) is 4.68 Å². The van der Waals surface area contributed by atoms with Crippen LogP contribution in [-0.2, 0) is 13.6 Å². The van der Waals surface area contributed by atoms with Crippen LogP contribution in [0.25, 0.3) is 0 Å². The molecule has 0 radical (unpaired) electrons. The van der Waals surface area contributed by atoms with Gasteiger partial charge in [-0.05, 0) is 25.5 Å². The highest BCUT2D eigenvalue weighted by Crippen LogP contribution is 2.27. The summed E-state index contributed by atoms with van der Waals surface area (Å²) >= 11 is 0. The number of aromatic nitrogens is 2. The van der Waals surface area contributed by atoms with Gasteiger partial charge in [0.15, 0.2) is 0 Å². The Labute approximate surface area is 125 Å². The Morgan fingerprint density at radius 1 is 1.29 bits per heavy atom. The van der Waals surface area contributed by atoms with Crippen molar-refractivity contribution in [1.29, 1.82) is 0 Å². The zero-order valence-electron chi connectivity index (χ0n) is 13.1. The molecule has 114 valence electrons. The van der Waals surface area contributed by atoms with Crippen LogP contribution in [0.5, 0.6) is 11.6 Å². The zero-order valence-corrected chi connectivity index (χ0v) is 13.1. The zero-order chi connectivity index (χ0) is 15.2. The summed E-state index contributed by atoms with van der Waals surface area (Å²) in [5.74, 6) is 1.66. The molecule has 1 aromatic heterocycles. The van der Waals surface area contributed by atoms with Gasteiger partial charge < -0.3 is 14.8 Å². The minimum absolute atomic E-state index is 0.648. The van der Waals surface area contributed by atoms with E-state index in [1.165, 1.54) is 0 Å². The molecular weight excluding hydrogens is 266 g/mol. The normalized spacial score (nSPS) is 10.5. The van der Waals surface area contributed by atoms with Crippen molar-refractivity contribution in [2.75, 3.05) is 19.0 Å². The molecule has 5 nitrogen and oxygen atoms in total. The van der Waals surface area contributed by atoms with Crippen molar-refractivity contribution in [3.05, 3.63) is 35.5 Å². The van der Waals surface area contributed by atoms with E-state index in [0.29, 0.717) is 13.2 Å². The molecular formula is C16H23N3O2. The number of anilines is 1. The molecule has 21 heavy (non-hydrogen) atoms. The molecule has 0 amide bonds. The van der Waals surface area contributed by atoms with Crippen molar-refractivity contribution in [2.24, 2.45) is 7.05 Å². The lowest BCUT2D eigenvalue weighted by Crippen LogP contribution is -2.05. The average Bonchev–Trinajstić information content (AvgIpc) is 2.77. The van der Waals surface area contributed by atoms with E-state index in [4.69, 9.17) is 9.47 Å². The number of ether oxygens (including phenoxy) is 2. The highest BCUT2D eigenvalue weighted by atomic mass is 16.5. The molecule has 0 atom stereocenters. The quantitative estimate of drug-likeness (QED) is 0.850. The predicted octanol–water partition coefficient (Wildman–Crippen LogP) is 3.14. The summed E-state index contributed by atoms with van der Waals surface area (Å²) in [5, 5.41) is 7.80. The fraction of sp³-hybridized carbons (Fsp3) is 0.438. The second kappa shape index (κ2) is 7.02. The second-order valence-electron chi connectivity index (χ2n) is 4.90. The highest BCUT2D eigenvalue weighted by molar-refractivity contribution is 5.56. The van der Waals surface area contributed by atoms with Gasteiger partial charge in [-0.1, -0.05) is 19.1 Å². The number of hydrogen-bond donors (Lipinski definition) is 1. The lowest BCUT2D eigenvalue weighted by atomic mass is 10.2.